The van der Waals surface area contributed by atoms with Crippen LogP contribution in [0.15, 0.2) is 62.4 Å². The first-order valence-electron chi connectivity index (χ1n) is 11.2. The number of hydrogen-bond donors (Lipinski definition) is 0. The van der Waals surface area contributed by atoms with Gasteiger partial charge < -0.3 is 0 Å². The van der Waals surface area contributed by atoms with Gasteiger partial charge in [-0.15, -0.1) is 39.5 Å². The molecular weight excluding hydrogens is 484 g/mol. The van der Waals surface area contributed by atoms with Gasteiger partial charge in [0.05, 0.1) is 19.6 Å². The van der Waals surface area contributed by atoms with Crippen LogP contribution in [0.4, 0.5) is 0 Å². The van der Waals surface area contributed by atoms with E-state index in [1.165, 1.54) is 17.1 Å². The van der Waals surface area contributed by atoms with Gasteiger partial charge in [-0.1, -0.05) is 45.2 Å². The second kappa shape index (κ2) is 9.63. The molecule has 0 aromatic rings. The van der Waals surface area contributed by atoms with Gasteiger partial charge >= 0.3 is 0 Å². The molecule has 0 amide bonds. The maximum Gasteiger partial charge on any atom is 0.152 e. The smallest absolute Gasteiger partial charge is 0.152 e. The topological polar surface area (TPSA) is 0 Å². The van der Waals surface area contributed by atoms with Crippen molar-refractivity contribution in [2.75, 3.05) is 0 Å². The lowest BCUT2D eigenvalue weighted by Gasteiger charge is -2.23. The number of rotatable bonds is 0. The minimum Gasteiger partial charge on any atom is -0.224 e. The molecule has 0 atom stereocenters. The molecule has 0 fully saturated rings. The summed E-state index contributed by atoms with van der Waals surface area (Å²) in [6.45, 7) is 24.8. The van der Waals surface area contributed by atoms with E-state index in [0.29, 0.717) is 0 Å². The number of halogens is 1. The quantitative estimate of drug-likeness (QED) is 0.130. The third-order valence-electron chi connectivity index (χ3n) is 4.89. The molecule has 0 heterocycles. The Labute approximate surface area is 207 Å². The Morgan fingerprint density at radius 2 is 1.56 bits per heavy atom. The third kappa shape index (κ3) is 7.69. The molecule has 2 rings (SSSR count). The molecule has 0 spiro atoms. The van der Waals surface area contributed by atoms with Gasteiger partial charge in [0.1, 0.15) is 8.07 Å². The highest BCUT2D eigenvalue weighted by Gasteiger charge is 2.29. The lowest BCUT2D eigenvalue weighted by atomic mass is 9.77. The highest BCUT2D eigenvalue weighted by atomic mass is 79.9. The molecule has 0 aromatic carbocycles. The van der Waals surface area contributed by atoms with Gasteiger partial charge in [0.2, 0.25) is 0 Å². The second-order valence-electron chi connectivity index (χ2n) is 11.7. The fourth-order valence-corrected chi connectivity index (χ4v) is 4.73. The van der Waals surface area contributed by atoms with Crippen molar-refractivity contribution in [2.24, 2.45) is 5.41 Å². The third-order valence-corrected chi connectivity index (χ3v) is 7.27. The molecule has 0 saturated heterocycles. The van der Waals surface area contributed by atoms with Gasteiger partial charge in [0, 0.05) is 28.7 Å². The van der Waals surface area contributed by atoms with Crippen LogP contribution in [0, 0.1) is 40.2 Å². The Bertz CT molecular complexity index is 1090. The van der Waals surface area contributed by atoms with E-state index in [9.17, 15) is 0 Å². The van der Waals surface area contributed by atoms with Crippen LogP contribution >= 0.6 is 15.9 Å². The van der Waals surface area contributed by atoms with Crippen LogP contribution in [0.1, 0.15) is 34.6 Å². The predicted octanol–water partition coefficient (Wildman–Crippen LogP) is 8.52. The summed E-state index contributed by atoms with van der Waals surface area (Å²) >= 11 is 3.82. The van der Waals surface area contributed by atoms with Crippen LogP contribution in [0.3, 0.4) is 0 Å². The Morgan fingerprint density at radius 3 is 2.06 bits per heavy atom. The van der Waals surface area contributed by atoms with Crippen LogP contribution in [0.5, 0.6) is 0 Å². The van der Waals surface area contributed by atoms with Crippen LogP contribution in [0.25, 0.3) is 0 Å². The van der Waals surface area contributed by atoms with E-state index in [0.717, 1.165) is 27.1 Å². The summed E-state index contributed by atoms with van der Waals surface area (Å²) in [6.07, 6.45) is 8.85. The fraction of sp³-hybridized carbons (Fsp3) is 0.414. The average Bonchev–Trinajstić information content (AvgIpc) is 2.60. The SMILES string of the molecule is CC1=CC(C(C)(C)C)=C[C+](C)C1=C=C1C(Br)=C[C-](C#C[Si](C)(C)C)C=C1C#C[Si](C)(C)C. The van der Waals surface area contributed by atoms with Gasteiger partial charge in [-0.25, -0.2) is 5.54 Å². The molecule has 0 unspecified atom stereocenters. The summed E-state index contributed by atoms with van der Waals surface area (Å²) in [6, 6.07) is 0. The number of allylic oxidation sites excluding steroid dienone is 9. The summed E-state index contributed by atoms with van der Waals surface area (Å²) in [4.78, 5) is 0. The van der Waals surface area contributed by atoms with Crippen molar-refractivity contribution in [1.82, 2.24) is 0 Å². The monoisotopic (exact) mass is 520 g/mol. The van der Waals surface area contributed by atoms with Gasteiger partial charge in [-0.3, -0.25) is 0 Å². The maximum absolute atomic E-state index is 3.82. The molecule has 2 aliphatic rings. The highest BCUT2D eigenvalue weighted by Crippen LogP contribution is 2.39. The van der Waals surface area contributed by atoms with Crippen LogP contribution in [-0.4, -0.2) is 16.1 Å². The zero-order chi connectivity index (χ0) is 24.5. The summed E-state index contributed by atoms with van der Waals surface area (Å²) in [5.41, 5.74) is 16.6. The Morgan fingerprint density at radius 1 is 0.969 bits per heavy atom. The van der Waals surface area contributed by atoms with Crippen molar-refractivity contribution in [3.63, 3.8) is 0 Å². The first kappa shape index (κ1) is 26.5. The van der Waals surface area contributed by atoms with Crippen molar-refractivity contribution in [2.45, 2.75) is 73.9 Å². The molecule has 2 aliphatic carbocycles. The summed E-state index contributed by atoms with van der Waals surface area (Å²) in [5, 5.41) is 0. The first-order valence-corrected chi connectivity index (χ1v) is 19.0. The van der Waals surface area contributed by atoms with Gasteiger partial charge in [0.25, 0.3) is 0 Å². The number of hydrogen-bond acceptors (Lipinski definition) is 0. The molecule has 0 aliphatic heterocycles. The molecule has 168 valence electrons. The van der Waals surface area contributed by atoms with Gasteiger partial charge in [-0.05, 0) is 50.4 Å². The molecular formula is C29H37BrSi2. The van der Waals surface area contributed by atoms with Crippen molar-refractivity contribution >= 4 is 32.1 Å². The summed E-state index contributed by atoms with van der Waals surface area (Å²) < 4.78 is 0.999. The van der Waals surface area contributed by atoms with Crippen LogP contribution in [-0.2, 0) is 0 Å². The molecule has 0 radical (unpaired) electrons. The Hall–Kier alpha value is -1.75. The van der Waals surface area contributed by atoms with Crippen LogP contribution < -0.4 is 0 Å². The minimum atomic E-state index is -1.52. The van der Waals surface area contributed by atoms with E-state index in [1.54, 1.807) is 0 Å². The maximum atomic E-state index is 3.82. The minimum absolute atomic E-state index is 0.124. The zero-order valence-corrected chi connectivity index (χ0v) is 25.3. The molecule has 3 heteroatoms. The molecule has 0 nitrogen and oxygen atoms in total. The fourth-order valence-electron chi connectivity index (χ4n) is 3.14. The van der Waals surface area contributed by atoms with E-state index in [1.807, 2.05) is 0 Å². The van der Waals surface area contributed by atoms with Crippen molar-refractivity contribution in [3.8, 4) is 22.9 Å². The van der Waals surface area contributed by atoms with Crippen LogP contribution in [0.2, 0.25) is 39.3 Å². The average molecular weight is 522 g/mol. The molecule has 32 heavy (non-hydrogen) atoms. The zero-order valence-electron chi connectivity index (χ0n) is 21.7. The lowest BCUT2D eigenvalue weighted by molar-refractivity contribution is 0.514. The Kier molecular flexibility index (Phi) is 7.97. The van der Waals surface area contributed by atoms with E-state index in [4.69, 9.17) is 0 Å². The Balaban J connectivity index is 2.67. The highest BCUT2D eigenvalue weighted by molar-refractivity contribution is 9.12. The summed E-state index contributed by atoms with van der Waals surface area (Å²) in [7, 11) is -2.98. The van der Waals surface area contributed by atoms with E-state index in [2.05, 4.69) is 143 Å². The van der Waals surface area contributed by atoms with Crippen molar-refractivity contribution in [3.05, 3.63) is 74.2 Å². The first-order chi connectivity index (χ1) is 14.5. The molecule has 0 saturated carbocycles. The predicted molar refractivity (Wildman–Crippen MR) is 151 cm³/mol. The lowest BCUT2D eigenvalue weighted by Crippen LogP contribution is -2.17. The second-order valence-corrected chi connectivity index (χ2v) is 22.1. The normalized spacial score (nSPS) is 17.2. The van der Waals surface area contributed by atoms with E-state index in [-0.39, 0.29) is 5.41 Å². The summed E-state index contributed by atoms with van der Waals surface area (Å²) in [5.74, 6) is 9.15. The van der Waals surface area contributed by atoms with Gasteiger partial charge in [-0.2, -0.15) is 5.92 Å². The van der Waals surface area contributed by atoms with E-state index < -0.39 is 16.1 Å². The van der Waals surface area contributed by atoms with Crippen molar-refractivity contribution in [1.29, 1.82) is 0 Å². The standard InChI is InChI=1S/C29H37BrSi2/c1-21-16-25(29(3,4)5)17-22(2)26(21)20-27-24(13-15-32(9,10)11)18-23(19-28(27)30)12-14-31(6,7)8/h16-19H,1-11H3. The molecule has 0 aromatic heterocycles. The van der Waals surface area contributed by atoms with E-state index >= 15 is 0 Å². The molecule has 0 bridgehead atoms. The largest absolute Gasteiger partial charge is 0.224 e. The molecule has 0 N–H and O–H groups in total. The van der Waals surface area contributed by atoms with Crippen molar-refractivity contribution < 1.29 is 0 Å². The van der Waals surface area contributed by atoms with Gasteiger partial charge in [0.15, 0.2) is 5.57 Å².